The van der Waals surface area contributed by atoms with E-state index < -0.39 is 10.9 Å². The van der Waals surface area contributed by atoms with Gasteiger partial charge in [-0.2, -0.15) is 0 Å². The Morgan fingerprint density at radius 3 is 2.67 bits per heavy atom. The van der Waals surface area contributed by atoms with Crippen molar-refractivity contribution in [2.45, 2.75) is 31.7 Å². The highest BCUT2D eigenvalue weighted by atomic mass is 16.6. The lowest BCUT2D eigenvalue weighted by Gasteiger charge is -2.39. The first-order valence-corrected chi connectivity index (χ1v) is 5.58. The molecule has 2 N–H and O–H groups in total. The van der Waals surface area contributed by atoms with Gasteiger partial charge < -0.3 is 10.4 Å². The summed E-state index contributed by atoms with van der Waals surface area (Å²) in [5.74, 6) is -1.17. The highest BCUT2D eigenvalue weighted by Crippen LogP contribution is 2.36. The Balaban J connectivity index is 2.37. The van der Waals surface area contributed by atoms with E-state index in [1.54, 1.807) is 0 Å². The van der Waals surface area contributed by atoms with Crippen molar-refractivity contribution < 1.29 is 14.8 Å². The van der Waals surface area contributed by atoms with Gasteiger partial charge >= 0.3 is 11.7 Å². The average Bonchev–Trinajstić information content (AvgIpc) is 2.26. The largest absolute Gasteiger partial charge is 0.477 e. The molecule has 0 saturated heterocycles. The summed E-state index contributed by atoms with van der Waals surface area (Å²) in [7, 11) is 0. The summed E-state index contributed by atoms with van der Waals surface area (Å²) < 4.78 is 0. The number of pyridine rings is 1. The first-order valence-electron chi connectivity index (χ1n) is 5.58. The number of anilines is 1. The molecular formula is C11H13N3O4. The van der Waals surface area contributed by atoms with Crippen molar-refractivity contribution in [1.29, 1.82) is 0 Å². The maximum atomic E-state index is 10.9. The van der Waals surface area contributed by atoms with E-state index in [4.69, 9.17) is 5.11 Å². The number of nitrogens with zero attached hydrogens (tertiary/aromatic N) is 2. The molecule has 2 rings (SSSR count). The van der Waals surface area contributed by atoms with Gasteiger partial charge in [-0.3, -0.25) is 10.1 Å². The van der Waals surface area contributed by atoms with Gasteiger partial charge in [-0.1, -0.05) is 0 Å². The number of aromatic carboxylic acids is 1. The lowest BCUT2D eigenvalue weighted by Crippen LogP contribution is -2.42. The quantitative estimate of drug-likeness (QED) is 0.626. The molecule has 1 aliphatic rings. The smallest absolute Gasteiger partial charge is 0.354 e. The summed E-state index contributed by atoms with van der Waals surface area (Å²) in [5.41, 5.74) is -0.631. The zero-order valence-corrected chi connectivity index (χ0v) is 9.84. The molecule has 7 nitrogen and oxygen atoms in total. The molecule has 0 aromatic carbocycles. The van der Waals surface area contributed by atoms with Gasteiger partial charge in [0.1, 0.15) is 0 Å². The Morgan fingerprint density at radius 1 is 1.56 bits per heavy atom. The second-order valence-electron chi connectivity index (χ2n) is 4.67. The van der Waals surface area contributed by atoms with Crippen LogP contribution in [0.5, 0.6) is 0 Å². The van der Waals surface area contributed by atoms with Crippen LogP contribution in [0.4, 0.5) is 11.5 Å². The number of nitrogens with one attached hydrogen (secondary N) is 1. The van der Waals surface area contributed by atoms with Gasteiger partial charge in [0.2, 0.25) is 5.82 Å². The molecule has 1 heterocycles. The number of hydrogen-bond acceptors (Lipinski definition) is 5. The van der Waals surface area contributed by atoms with Crippen LogP contribution in [0, 0.1) is 10.1 Å². The molecule has 0 spiro atoms. The Bertz CT molecular complexity index is 511. The van der Waals surface area contributed by atoms with Gasteiger partial charge in [0.25, 0.3) is 0 Å². The Labute approximate surface area is 103 Å². The number of carbonyl (C=O) groups is 1. The number of carboxylic acids is 1. The van der Waals surface area contributed by atoms with Crippen LogP contribution in [0.2, 0.25) is 0 Å². The summed E-state index contributed by atoms with van der Waals surface area (Å²) in [6.45, 7) is 1.94. The third-order valence-corrected chi connectivity index (χ3v) is 3.17. The number of rotatable bonds is 4. The SMILES string of the molecule is CC1(Nc2nc(C(=O)O)ccc2[N+](=O)[O-])CCC1. The normalized spacial score (nSPS) is 16.7. The van der Waals surface area contributed by atoms with E-state index in [0.717, 1.165) is 25.3 Å². The molecule has 1 fully saturated rings. The van der Waals surface area contributed by atoms with Gasteiger partial charge in [0.15, 0.2) is 5.69 Å². The van der Waals surface area contributed by atoms with Crippen molar-refractivity contribution in [3.8, 4) is 0 Å². The third kappa shape index (κ3) is 2.24. The van der Waals surface area contributed by atoms with Crippen LogP contribution >= 0.6 is 0 Å². The average molecular weight is 251 g/mol. The minimum absolute atomic E-state index is 0.0297. The molecule has 0 unspecified atom stereocenters. The van der Waals surface area contributed by atoms with Crippen molar-refractivity contribution in [3.05, 3.63) is 27.9 Å². The van der Waals surface area contributed by atoms with Gasteiger partial charge in [0, 0.05) is 11.6 Å². The molecule has 7 heteroatoms. The zero-order valence-electron chi connectivity index (χ0n) is 9.84. The monoisotopic (exact) mass is 251 g/mol. The topological polar surface area (TPSA) is 105 Å². The fourth-order valence-corrected chi connectivity index (χ4v) is 1.93. The number of hydrogen-bond donors (Lipinski definition) is 2. The summed E-state index contributed by atoms with van der Waals surface area (Å²) in [6, 6.07) is 2.30. The van der Waals surface area contributed by atoms with E-state index in [1.807, 2.05) is 6.92 Å². The van der Waals surface area contributed by atoms with E-state index in [-0.39, 0.29) is 22.7 Å². The minimum atomic E-state index is -1.20. The second kappa shape index (κ2) is 4.25. The molecule has 1 saturated carbocycles. The highest BCUT2D eigenvalue weighted by Gasteiger charge is 2.34. The molecular weight excluding hydrogens is 238 g/mol. The third-order valence-electron chi connectivity index (χ3n) is 3.17. The van der Waals surface area contributed by atoms with E-state index in [1.165, 1.54) is 6.07 Å². The van der Waals surface area contributed by atoms with Crippen LogP contribution in [0.1, 0.15) is 36.7 Å². The maximum Gasteiger partial charge on any atom is 0.354 e. The molecule has 1 aromatic heterocycles. The molecule has 0 bridgehead atoms. The van der Waals surface area contributed by atoms with E-state index in [0.29, 0.717) is 0 Å². The maximum absolute atomic E-state index is 10.9. The molecule has 1 aliphatic carbocycles. The predicted octanol–water partition coefficient (Wildman–Crippen LogP) is 2.04. The van der Waals surface area contributed by atoms with E-state index in [2.05, 4.69) is 10.3 Å². The van der Waals surface area contributed by atoms with Gasteiger partial charge in [0.05, 0.1) is 4.92 Å². The van der Waals surface area contributed by atoms with Crippen molar-refractivity contribution >= 4 is 17.5 Å². The van der Waals surface area contributed by atoms with Crippen LogP contribution < -0.4 is 5.32 Å². The molecule has 0 atom stereocenters. The first-order chi connectivity index (χ1) is 8.41. The lowest BCUT2D eigenvalue weighted by molar-refractivity contribution is -0.384. The van der Waals surface area contributed by atoms with Crippen LogP contribution in [0.3, 0.4) is 0 Å². The van der Waals surface area contributed by atoms with E-state index >= 15 is 0 Å². The standard InChI is InChI=1S/C11H13N3O4/c1-11(5-2-6-11)13-9-8(14(17)18)4-3-7(12-9)10(15)16/h3-4H,2,5-6H2,1H3,(H,12,13)(H,15,16). The second-order valence-corrected chi connectivity index (χ2v) is 4.67. The van der Waals surface area contributed by atoms with Crippen molar-refractivity contribution in [3.63, 3.8) is 0 Å². The molecule has 18 heavy (non-hydrogen) atoms. The summed E-state index contributed by atoms with van der Waals surface area (Å²) in [6.07, 6.45) is 2.84. The molecule has 96 valence electrons. The van der Waals surface area contributed by atoms with Gasteiger partial charge in [-0.25, -0.2) is 9.78 Å². The summed E-state index contributed by atoms with van der Waals surface area (Å²) in [5, 5.41) is 22.7. The molecule has 0 radical (unpaired) electrons. The van der Waals surface area contributed by atoms with Crippen molar-refractivity contribution in [1.82, 2.24) is 4.98 Å². The fourth-order valence-electron chi connectivity index (χ4n) is 1.93. The summed E-state index contributed by atoms with van der Waals surface area (Å²) >= 11 is 0. The number of aromatic nitrogens is 1. The van der Waals surface area contributed by atoms with Crippen molar-refractivity contribution in [2.75, 3.05) is 5.32 Å². The lowest BCUT2D eigenvalue weighted by atomic mass is 9.78. The van der Waals surface area contributed by atoms with Crippen LogP contribution in [-0.4, -0.2) is 26.5 Å². The molecule has 1 aromatic rings. The molecule has 0 aliphatic heterocycles. The number of nitro groups is 1. The Hall–Kier alpha value is -2.18. The highest BCUT2D eigenvalue weighted by molar-refractivity contribution is 5.86. The van der Waals surface area contributed by atoms with Crippen LogP contribution in [-0.2, 0) is 0 Å². The Kier molecular flexibility index (Phi) is 2.90. The minimum Gasteiger partial charge on any atom is -0.477 e. The van der Waals surface area contributed by atoms with Crippen molar-refractivity contribution in [2.24, 2.45) is 0 Å². The van der Waals surface area contributed by atoms with E-state index in [9.17, 15) is 14.9 Å². The zero-order chi connectivity index (χ0) is 13.3. The predicted molar refractivity (Wildman–Crippen MR) is 63.7 cm³/mol. The van der Waals surface area contributed by atoms with Gasteiger partial charge in [-0.05, 0) is 32.3 Å². The Morgan fingerprint density at radius 2 is 2.22 bits per heavy atom. The fraction of sp³-hybridized carbons (Fsp3) is 0.455. The van der Waals surface area contributed by atoms with Crippen LogP contribution in [0.25, 0.3) is 0 Å². The van der Waals surface area contributed by atoms with Gasteiger partial charge in [-0.15, -0.1) is 0 Å². The summed E-state index contributed by atoms with van der Waals surface area (Å²) in [4.78, 5) is 24.9. The number of carboxylic acid groups (broad SMARTS) is 1. The van der Waals surface area contributed by atoms with Crippen LogP contribution in [0.15, 0.2) is 12.1 Å². The first kappa shape index (κ1) is 12.3. The molecule has 0 amide bonds.